The van der Waals surface area contributed by atoms with E-state index in [2.05, 4.69) is 10.2 Å². The molecule has 1 unspecified atom stereocenters. The number of nitro benzene ring substituents is 1. The standard InChI is InChI=1S/C14H13N3O4/c1-9(11-7-6-10(18)8-14(11)19)15-16-12-4-2-3-5-13(12)17(20)21/h2-9,18-19H,1H3. The first-order valence-electron chi connectivity index (χ1n) is 6.15. The number of hydrogen-bond donors (Lipinski definition) is 2. The molecule has 21 heavy (non-hydrogen) atoms. The smallest absolute Gasteiger partial charge is 0.296 e. The minimum atomic E-state index is -0.531. The van der Waals surface area contributed by atoms with Gasteiger partial charge in [0.05, 0.1) is 11.0 Å². The van der Waals surface area contributed by atoms with Crippen molar-refractivity contribution in [3.05, 3.63) is 58.1 Å². The van der Waals surface area contributed by atoms with Gasteiger partial charge >= 0.3 is 0 Å². The van der Waals surface area contributed by atoms with Crippen LogP contribution >= 0.6 is 0 Å². The van der Waals surface area contributed by atoms with Gasteiger partial charge in [-0.05, 0) is 25.1 Å². The molecule has 0 heterocycles. The summed E-state index contributed by atoms with van der Waals surface area (Å²) in [5.74, 6) is -0.164. The lowest BCUT2D eigenvalue weighted by Crippen LogP contribution is -1.90. The van der Waals surface area contributed by atoms with Crippen LogP contribution in [0.5, 0.6) is 11.5 Å². The summed E-state index contributed by atoms with van der Waals surface area (Å²) in [4.78, 5) is 10.3. The number of benzene rings is 2. The summed E-state index contributed by atoms with van der Waals surface area (Å²) in [5.41, 5.74) is 0.478. The van der Waals surface area contributed by atoms with Crippen LogP contribution in [0.2, 0.25) is 0 Å². The molecular formula is C14H13N3O4. The second-order valence-electron chi connectivity index (χ2n) is 4.38. The van der Waals surface area contributed by atoms with Crippen LogP contribution < -0.4 is 0 Å². The zero-order chi connectivity index (χ0) is 15.4. The molecule has 0 aliphatic heterocycles. The van der Waals surface area contributed by atoms with E-state index in [0.29, 0.717) is 5.56 Å². The van der Waals surface area contributed by atoms with Crippen molar-refractivity contribution in [2.75, 3.05) is 0 Å². The Morgan fingerprint density at radius 2 is 1.90 bits per heavy atom. The van der Waals surface area contributed by atoms with Gasteiger partial charge in [0.25, 0.3) is 5.69 Å². The molecule has 0 saturated heterocycles. The van der Waals surface area contributed by atoms with Crippen LogP contribution in [-0.2, 0) is 0 Å². The van der Waals surface area contributed by atoms with E-state index in [1.165, 1.54) is 30.3 Å². The first kappa shape index (κ1) is 14.4. The summed E-state index contributed by atoms with van der Waals surface area (Å²) in [7, 11) is 0. The SMILES string of the molecule is CC(N=Nc1ccccc1[N+](=O)[O-])c1ccc(O)cc1O. The average molecular weight is 287 g/mol. The van der Waals surface area contributed by atoms with Gasteiger partial charge in [-0.2, -0.15) is 5.11 Å². The molecule has 0 aromatic heterocycles. The van der Waals surface area contributed by atoms with Gasteiger partial charge < -0.3 is 10.2 Å². The van der Waals surface area contributed by atoms with Gasteiger partial charge in [-0.15, -0.1) is 5.11 Å². The molecule has 108 valence electrons. The molecule has 0 aliphatic rings. The molecule has 7 heteroatoms. The Morgan fingerprint density at radius 1 is 1.19 bits per heavy atom. The number of para-hydroxylation sites is 1. The predicted molar refractivity (Wildman–Crippen MR) is 75.8 cm³/mol. The molecule has 2 N–H and O–H groups in total. The van der Waals surface area contributed by atoms with Crippen molar-refractivity contribution in [1.29, 1.82) is 0 Å². The van der Waals surface area contributed by atoms with Gasteiger partial charge in [0.15, 0.2) is 5.69 Å². The maximum Gasteiger partial charge on any atom is 0.296 e. The van der Waals surface area contributed by atoms with Crippen LogP contribution in [0.25, 0.3) is 0 Å². The zero-order valence-electron chi connectivity index (χ0n) is 11.2. The molecule has 0 spiro atoms. The Labute approximate surface area is 120 Å². The van der Waals surface area contributed by atoms with E-state index in [0.717, 1.165) is 0 Å². The van der Waals surface area contributed by atoms with E-state index < -0.39 is 11.0 Å². The molecule has 1 atom stereocenters. The normalized spacial score (nSPS) is 12.4. The highest BCUT2D eigenvalue weighted by Gasteiger charge is 2.13. The molecule has 0 saturated carbocycles. The molecule has 2 aromatic rings. The molecule has 0 aliphatic carbocycles. The molecule has 7 nitrogen and oxygen atoms in total. The van der Waals surface area contributed by atoms with E-state index in [4.69, 9.17) is 0 Å². The number of nitro groups is 1. The fraction of sp³-hybridized carbons (Fsp3) is 0.143. The van der Waals surface area contributed by atoms with Gasteiger partial charge in [-0.25, -0.2) is 0 Å². The van der Waals surface area contributed by atoms with E-state index in [1.807, 2.05) is 0 Å². The van der Waals surface area contributed by atoms with Crippen molar-refractivity contribution >= 4 is 11.4 Å². The largest absolute Gasteiger partial charge is 0.508 e. The summed E-state index contributed by atoms with van der Waals surface area (Å²) in [6, 6.07) is 9.65. The topological polar surface area (TPSA) is 108 Å². The summed E-state index contributed by atoms with van der Waals surface area (Å²) in [5, 5.41) is 37.7. The van der Waals surface area contributed by atoms with Crippen LogP contribution in [0.4, 0.5) is 11.4 Å². The predicted octanol–water partition coefficient (Wildman–Crippen LogP) is 3.85. The second kappa shape index (κ2) is 6.00. The quantitative estimate of drug-likeness (QED) is 0.505. The maximum absolute atomic E-state index is 10.9. The van der Waals surface area contributed by atoms with Gasteiger partial charge in [0.1, 0.15) is 11.5 Å². The molecule has 2 rings (SSSR count). The molecule has 0 bridgehead atoms. The molecule has 0 radical (unpaired) electrons. The van der Waals surface area contributed by atoms with Crippen molar-refractivity contribution in [3.8, 4) is 11.5 Å². The average Bonchev–Trinajstić information content (AvgIpc) is 2.45. The Kier molecular flexibility index (Phi) is 4.13. The first-order chi connectivity index (χ1) is 9.99. The lowest BCUT2D eigenvalue weighted by molar-refractivity contribution is -0.384. The van der Waals surface area contributed by atoms with E-state index in [1.54, 1.807) is 19.1 Å². The van der Waals surface area contributed by atoms with E-state index >= 15 is 0 Å². The number of aromatic hydroxyl groups is 2. The highest BCUT2D eigenvalue weighted by Crippen LogP contribution is 2.32. The fourth-order valence-electron chi connectivity index (χ4n) is 1.80. The highest BCUT2D eigenvalue weighted by molar-refractivity contribution is 5.56. The lowest BCUT2D eigenvalue weighted by Gasteiger charge is -2.08. The Bertz CT molecular complexity index is 700. The third-order valence-electron chi connectivity index (χ3n) is 2.88. The van der Waals surface area contributed by atoms with Crippen molar-refractivity contribution in [1.82, 2.24) is 0 Å². The first-order valence-corrected chi connectivity index (χ1v) is 6.15. The Hall–Kier alpha value is -2.96. The maximum atomic E-state index is 10.9. The fourth-order valence-corrected chi connectivity index (χ4v) is 1.80. The molecule has 2 aromatic carbocycles. The van der Waals surface area contributed by atoms with E-state index in [9.17, 15) is 20.3 Å². The summed E-state index contributed by atoms with van der Waals surface area (Å²) >= 11 is 0. The molecular weight excluding hydrogens is 274 g/mol. The number of phenolic OH excluding ortho intramolecular Hbond substituents is 2. The Morgan fingerprint density at radius 3 is 2.57 bits per heavy atom. The number of phenols is 2. The number of nitrogens with zero attached hydrogens (tertiary/aromatic N) is 3. The number of azo groups is 1. The van der Waals surface area contributed by atoms with Crippen LogP contribution in [0, 0.1) is 10.1 Å². The van der Waals surface area contributed by atoms with Crippen molar-refractivity contribution in [2.45, 2.75) is 13.0 Å². The van der Waals surface area contributed by atoms with Crippen molar-refractivity contribution in [3.63, 3.8) is 0 Å². The van der Waals surface area contributed by atoms with Crippen LogP contribution in [0.15, 0.2) is 52.7 Å². The van der Waals surface area contributed by atoms with Crippen LogP contribution in [0.1, 0.15) is 18.5 Å². The third-order valence-corrected chi connectivity index (χ3v) is 2.88. The zero-order valence-corrected chi connectivity index (χ0v) is 11.2. The second-order valence-corrected chi connectivity index (χ2v) is 4.38. The van der Waals surface area contributed by atoms with Gasteiger partial charge in [-0.3, -0.25) is 10.1 Å². The van der Waals surface area contributed by atoms with Gasteiger partial charge in [0, 0.05) is 17.7 Å². The molecule has 0 fully saturated rings. The van der Waals surface area contributed by atoms with Crippen molar-refractivity contribution < 1.29 is 15.1 Å². The number of rotatable bonds is 4. The highest BCUT2D eigenvalue weighted by atomic mass is 16.6. The van der Waals surface area contributed by atoms with Crippen LogP contribution in [-0.4, -0.2) is 15.1 Å². The van der Waals surface area contributed by atoms with Gasteiger partial charge in [-0.1, -0.05) is 12.1 Å². The summed E-state index contributed by atoms with van der Waals surface area (Å²) < 4.78 is 0. The summed E-state index contributed by atoms with van der Waals surface area (Å²) in [6.07, 6.45) is 0. The van der Waals surface area contributed by atoms with Crippen molar-refractivity contribution in [2.24, 2.45) is 10.2 Å². The molecule has 0 amide bonds. The lowest BCUT2D eigenvalue weighted by atomic mass is 10.1. The Balaban J connectivity index is 2.27. The minimum absolute atomic E-state index is 0.0564. The van der Waals surface area contributed by atoms with E-state index in [-0.39, 0.29) is 22.9 Å². The number of hydrogen-bond acceptors (Lipinski definition) is 6. The summed E-state index contributed by atoms with van der Waals surface area (Å²) in [6.45, 7) is 1.68. The van der Waals surface area contributed by atoms with Gasteiger partial charge in [0.2, 0.25) is 0 Å². The monoisotopic (exact) mass is 287 g/mol. The van der Waals surface area contributed by atoms with Crippen LogP contribution in [0.3, 0.4) is 0 Å². The minimum Gasteiger partial charge on any atom is -0.508 e. The third kappa shape index (κ3) is 3.33.